The smallest absolute Gasteiger partial charge is 0.285 e. The molecule has 0 radical (unpaired) electrons. The van der Waals surface area contributed by atoms with Gasteiger partial charge in [0.2, 0.25) is 0 Å². The van der Waals surface area contributed by atoms with E-state index in [9.17, 15) is 83.1 Å². The van der Waals surface area contributed by atoms with Gasteiger partial charge in [0.05, 0.1) is 0 Å². The molecule has 0 heterocycles. The minimum atomic E-state index is -8.81. The highest BCUT2D eigenvalue weighted by atomic mass is 32.2. The summed E-state index contributed by atoms with van der Waals surface area (Å²) in [6.45, 7) is 1.02. The van der Waals surface area contributed by atoms with Gasteiger partial charge in [0.15, 0.2) is 5.25 Å². The monoisotopic (exact) mass is 570 g/mol. The molecule has 0 fully saturated rings. The Morgan fingerprint density at radius 3 is 1.15 bits per heavy atom. The molecule has 0 bridgehead atoms. The molecule has 0 spiro atoms. The summed E-state index contributed by atoms with van der Waals surface area (Å²) in [6.07, 6.45) is -11.2. The largest absolute Gasteiger partial charge is 0.460 e. The van der Waals surface area contributed by atoms with Gasteiger partial charge in [-0.25, -0.2) is 0 Å². The third kappa shape index (κ3) is 4.49. The molecule has 0 unspecified atom stereocenters. The average Bonchev–Trinajstić information content (AvgIpc) is 2.58. The molecule has 1 atom stereocenters. The summed E-state index contributed by atoms with van der Waals surface area (Å²) in [4.78, 5) is 0. The van der Waals surface area contributed by atoms with Crippen LogP contribution in [-0.4, -0.2) is 65.9 Å². The fraction of sp³-hybridized carbons (Fsp3) is 1.00. The predicted molar refractivity (Wildman–Crippen MR) is 75.5 cm³/mol. The van der Waals surface area contributed by atoms with Crippen LogP contribution in [0.4, 0.5) is 74.6 Å². The average molecular weight is 570 g/mol. The SMILES string of the molecule is CCCC[C@@H](C(F)(F)C(F)(F)C(F)(F)C(F)(F)C(F)(F)C(F)(F)C(F)(F)C(F)(F)F)S(=O)(=O)O. The van der Waals surface area contributed by atoms with Gasteiger partial charge in [0, 0.05) is 0 Å². The number of halogens is 17. The van der Waals surface area contributed by atoms with Crippen molar-refractivity contribution in [1.29, 1.82) is 0 Å². The first-order chi connectivity index (χ1) is 14.4. The maximum atomic E-state index is 14.0. The van der Waals surface area contributed by atoms with E-state index in [0.29, 0.717) is 0 Å². The highest BCUT2D eigenvalue weighted by Crippen LogP contribution is 2.64. The van der Waals surface area contributed by atoms with Gasteiger partial charge in [0.25, 0.3) is 10.1 Å². The van der Waals surface area contributed by atoms with Crippen LogP contribution < -0.4 is 0 Å². The van der Waals surface area contributed by atoms with Crippen LogP contribution in [0.25, 0.3) is 0 Å². The Morgan fingerprint density at radius 2 is 0.882 bits per heavy atom. The van der Waals surface area contributed by atoms with E-state index in [0.717, 1.165) is 6.92 Å². The number of unbranched alkanes of at least 4 members (excludes halogenated alkanes) is 1. The van der Waals surface area contributed by atoms with E-state index in [-0.39, 0.29) is 0 Å². The van der Waals surface area contributed by atoms with Gasteiger partial charge in [-0.3, -0.25) is 4.55 Å². The molecule has 0 aliphatic carbocycles. The summed E-state index contributed by atoms with van der Waals surface area (Å²) in [5.41, 5.74) is 0. The standard InChI is InChI=1S/C13H11F17O3S/c1-2-3-4-5(34(31,32)33)6(14,15)7(16,17)8(18,19)9(20,21)10(22,23)11(24,25)12(26,27)13(28,29)30/h5H,2-4H2,1H3,(H,31,32,33)/t5-/m0/s1. The minimum Gasteiger partial charge on any atom is -0.285 e. The van der Waals surface area contributed by atoms with Crippen molar-refractivity contribution < 1.29 is 87.6 Å². The topological polar surface area (TPSA) is 54.4 Å². The second kappa shape index (κ2) is 8.68. The normalized spacial score (nSPS) is 17.1. The molecule has 0 saturated carbocycles. The van der Waals surface area contributed by atoms with Crippen molar-refractivity contribution in [1.82, 2.24) is 0 Å². The molecule has 0 saturated heterocycles. The van der Waals surface area contributed by atoms with Gasteiger partial charge in [-0.05, 0) is 6.42 Å². The zero-order valence-corrected chi connectivity index (χ0v) is 16.6. The zero-order chi connectivity index (χ0) is 28.2. The molecule has 0 aliphatic heterocycles. The van der Waals surface area contributed by atoms with Crippen LogP contribution in [0.3, 0.4) is 0 Å². The highest BCUT2D eigenvalue weighted by Gasteiger charge is 2.95. The van der Waals surface area contributed by atoms with Crippen molar-refractivity contribution >= 4 is 10.1 Å². The minimum absolute atomic E-state index is 0.420. The number of hydrogen-bond acceptors (Lipinski definition) is 2. The summed E-state index contributed by atoms with van der Waals surface area (Å²) in [7, 11) is -6.60. The van der Waals surface area contributed by atoms with E-state index >= 15 is 0 Å². The maximum absolute atomic E-state index is 14.0. The van der Waals surface area contributed by atoms with Crippen LogP contribution >= 0.6 is 0 Å². The van der Waals surface area contributed by atoms with Crippen LogP contribution in [0.15, 0.2) is 0 Å². The second-order valence-electron chi connectivity index (χ2n) is 6.71. The fourth-order valence-electron chi connectivity index (χ4n) is 2.28. The van der Waals surface area contributed by atoms with E-state index in [4.69, 9.17) is 4.55 Å². The van der Waals surface area contributed by atoms with Crippen LogP contribution in [0.5, 0.6) is 0 Å². The predicted octanol–water partition coefficient (Wildman–Crippen LogP) is 6.44. The first-order valence-electron chi connectivity index (χ1n) is 8.12. The third-order valence-corrected chi connectivity index (χ3v) is 5.58. The Kier molecular flexibility index (Phi) is 8.35. The molecule has 206 valence electrons. The van der Waals surface area contributed by atoms with E-state index in [2.05, 4.69) is 0 Å². The molecule has 34 heavy (non-hydrogen) atoms. The molecule has 0 aromatic heterocycles. The van der Waals surface area contributed by atoms with Gasteiger partial charge in [0.1, 0.15) is 0 Å². The summed E-state index contributed by atoms with van der Waals surface area (Å²) in [6, 6.07) is 0. The lowest BCUT2D eigenvalue weighted by Crippen LogP contribution is -2.75. The summed E-state index contributed by atoms with van der Waals surface area (Å²) < 4.78 is 254. The van der Waals surface area contributed by atoms with E-state index in [1.807, 2.05) is 0 Å². The van der Waals surface area contributed by atoms with Crippen molar-refractivity contribution in [2.75, 3.05) is 0 Å². The summed E-state index contributed by atoms with van der Waals surface area (Å²) in [5.74, 6) is -58.5. The zero-order valence-electron chi connectivity index (χ0n) is 15.8. The van der Waals surface area contributed by atoms with E-state index < -0.39 is 82.3 Å². The number of alkyl halides is 17. The fourth-order valence-corrected chi connectivity index (χ4v) is 3.27. The van der Waals surface area contributed by atoms with Crippen LogP contribution in [-0.2, 0) is 10.1 Å². The van der Waals surface area contributed by atoms with Crippen LogP contribution in [0.1, 0.15) is 26.2 Å². The molecule has 0 amide bonds. The lowest BCUT2D eigenvalue weighted by Gasteiger charge is -2.43. The third-order valence-electron chi connectivity index (χ3n) is 4.33. The molecular weight excluding hydrogens is 559 g/mol. The molecule has 0 aromatic carbocycles. The van der Waals surface area contributed by atoms with Gasteiger partial charge >= 0.3 is 47.6 Å². The van der Waals surface area contributed by atoms with E-state index in [1.54, 1.807) is 0 Å². The van der Waals surface area contributed by atoms with E-state index in [1.165, 1.54) is 0 Å². The lowest BCUT2D eigenvalue weighted by atomic mass is 9.87. The highest BCUT2D eigenvalue weighted by molar-refractivity contribution is 7.86. The maximum Gasteiger partial charge on any atom is 0.460 e. The van der Waals surface area contributed by atoms with Crippen molar-refractivity contribution in [2.24, 2.45) is 0 Å². The molecule has 0 aliphatic rings. The molecule has 0 aromatic rings. The molecule has 1 N–H and O–H groups in total. The van der Waals surface area contributed by atoms with Crippen molar-refractivity contribution in [3.05, 3.63) is 0 Å². The van der Waals surface area contributed by atoms with Crippen LogP contribution in [0.2, 0.25) is 0 Å². The molecule has 0 rings (SSSR count). The van der Waals surface area contributed by atoms with Gasteiger partial charge in [-0.2, -0.15) is 83.1 Å². The molecular formula is C13H11F17O3S. The van der Waals surface area contributed by atoms with Gasteiger partial charge in [-0.1, -0.05) is 19.8 Å². The second-order valence-corrected chi connectivity index (χ2v) is 8.31. The Balaban J connectivity index is 6.98. The summed E-state index contributed by atoms with van der Waals surface area (Å²) >= 11 is 0. The molecule has 3 nitrogen and oxygen atoms in total. The number of rotatable bonds is 11. The Bertz CT molecular complexity index is 830. The number of hydrogen-bond donors (Lipinski definition) is 1. The first kappa shape index (κ1) is 32.7. The Labute approximate surface area is 178 Å². The van der Waals surface area contributed by atoms with Crippen molar-refractivity contribution in [3.63, 3.8) is 0 Å². The quantitative estimate of drug-likeness (QED) is 0.230. The molecule has 21 heteroatoms. The van der Waals surface area contributed by atoms with Gasteiger partial charge < -0.3 is 0 Å². The van der Waals surface area contributed by atoms with Crippen molar-refractivity contribution in [2.45, 2.75) is 79.1 Å². The van der Waals surface area contributed by atoms with Gasteiger partial charge in [-0.15, -0.1) is 0 Å². The summed E-state index contributed by atoms with van der Waals surface area (Å²) in [5, 5.41) is -4.46. The Hall–Kier alpha value is -1.28. The lowest BCUT2D eigenvalue weighted by molar-refractivity contribution is -0.461. The van der Waals surface area contributed by atoms with Crippen LogP contribution in [0, 0.1) is 0 Å². The van der Waals surface area contributed by atoms with Crippen molar-refractivity contribution in [3.8, 4) is 0 Å². The first-order valence-corrected chi connectivity index (χ1v) is 9.62. The Morgan fingerprint density at radius 1 is 0.588 bits per heavy atom.